The first-order chi connectivity index (χ1) is 12.7. The summed E-state index contributed by atoms with van der Waals surface area (Å²) >= 11 is 1.61. The van der Waals surface area contributed by atoms with Crippen LogP contribution in [0.25, 0.3) is 10.7 Å². The lowest BCUT2D eigenvalue weighted by molar-refractivity contribution is 0.133. The van der Waals surface area contributed by atoms with Crippen LogP contribution in [-0.2, 0) is 6.54 Å². The normalized spacial score (nSPS) is 16.6. The van der Waals surface area contributed by atoms with Crippen molar-refractivity contribution in [1.29, 1.82) is 0 Å². The summed E-state index contributed by atoms with van der Waals surface area (Å²) < 4.78 is 11.6. The highest BCUT2D eigenvalue weighted by molar-refractivity contribution is 7.13. The van der Waals surface area contributed by atoms with Gasteiger partial charge in [-0.05, 0) is 37.6 Å². The molecule has 4 rings (SSSR count). The number of hydrogen-bond donors (Lipinski definition) is 0. The average molecular weight is 370 g/mol. The number of rotatable bonds is 6. The molecule has 3 aromatic rings. The first kappa shape index (κ1) is 17.1. The average Bonchev–Trinajstić information content (AvgIpc) is 3.32. The molecule has 0 saturated heterocycles. The lowest BCUT2D eigenvalue weighted by atomic mass is 10.2. The summed E-state index contributed by atoms with van der Waals surface area (Å²) in [5.41, 5.74) is 1.17. The molecule has 0 N–H and O–H groups in total. The predicted octanol–water partition coefficient (Wildman–Crippen LogP) is 3.52. The lowest BCUT2D eigenvalue weighted by Gasteiger charge is -2.37. The SMILES string of the molecule is CCN1C[C@H](CN(C)Cc2nc(-c3cccs3)no2)Oc2ccccc21. The molecule has 0 bridgehead atoms. The molecule has 7 heteroatoms. The van der Waals surface area contributed by atoms with Gasteiger partial charge in [-0.25, -0.2) is 0 Å². The zero-order valence-corrected chi connectivity index (χ0v) is 15.8. The van der Waals surface area contributed by atoms with Crippen LogP contribution in [0.2, 0.25) is 0 Å². The van der Waals surface area contributed by atoms with Gasteiger partial charge in [0.1, 0.15) is 11.9 Å². The van der Waals surface area contributed by atoms with Gasteiger partial charge >= 0.3 is 0 Å². The predicted molar refractivity (Wildman–Crippen MR) is 103 cm³/mol. The molecule has 1 aliphatic heterocycles. The number of ether oxygens (including phenoxy) is 1. The smallest absolute Gasteiger partial charge is 0.241 e. The summed E-state index contributed by atoms with van der Waals surface area (Å²) in [5, 5.41) is 6.08. The van der Waals surface area contributed by atoms with E-state index in [1.165, 1.54) is 5.69 Å². The highest BCUT2D eigenvalue weighted by atomic mass is 32.1. The minimum absolute atomic E-state index is 0.106. The van der Waals surface area contributed by atoms with E-state index in [0.29, 0.717) is 18.3 Å². The molecule has 0 unspecified atom stereocenters. The molecule has 1 aliphatic rings. The fraction of sp³-hybridized carbons (Fsp3) is 0.368. The Labute approximate surface area is 157 Å². The largest absolute Gasteiger partial charge is 0.485 e. The van der Waals surface area contributed by atoms with Crippen LogP contribution >= 0.6 is 11.3 Å². The summed E-state index contributed by atoms with van der Waals surface area (Å²) in [5.74, 6) is 2.24. The Balaban J connectivity index is 1.39. The van der Waals surface area contributed by atoms with Crippen LogP contribution in [0.1, 0.15) is 12.8 Å². The van der Waals surface area contributed by atoms with Crippen LogP contribution in [0, 0.1) is 0 Å². The summed E-state index contributed by atoms with van der Waals surface area (Å²) in [6, 6.07) is 12.2. The number of thiophene rings is 1. The van der Waals surface area contributed by atoms with Gasteiger partial charge in [0.05, 0.1) is 23.7 Å². The van der Waals surface area contributed by atoms with E-state index in [9.17, 15) is 0 Å². The molecule has 0 fully saturated rings. The van der Waals surface area contributed by atoms with Crippen molar-refractivity contribution in [2.24, 2.45) is 0 Å². The van der Waals surface area contributed by atoms with Crippen LogP contribution in [-0.4, -0.2) is 47.8 Å². The van der Waals surface area contributed by atoms with Crippen LogP contribution in [0.3, 0.4) is 0 Å². The molecule has 136 valence electrons. The van der Waals surface area contributed by atoms with Crippen molar-refractivity contribution < 1.29 is 9.26 Å². The highest BCUT2D eigenvalue weighted by Crippen LogP contribution is 2.33. The molecule has 1 atom stereocenters. The van der Waals surface area contributed by atoms with Gasteiger partial charge in [-0.15, -0.1) is 11.3 Å². The van der Waals surface area contributed by atoms with Gasteiger partial charge in [0.25, 0.3) is 0 Å². The van der Waals surface area contributed by atoms with Crippen molar-refractivity contribution >= 4 is 17.0 Å². The van der Waals surface area contributed by atoms with Gasteiger partial charge < -0.3 is 14.2 Å². The Morgan fingerprint density at radius 1 is 1.27 bits per heavy atom. The molecule has 0 aliphatic carbocycles. The highest BCUT2D eigenvalue weighted by Gasteiger charge is 2.26. The minimum Gasteiger partial charge on any atom is -0.485 e. The number of hydrogen-bond acceptors (Lipinski definition) is 7. The van der Waals surface area contributed by atoms with E-state index in [2.05, 4.69) is 46.0 Å². The van der Waals surface area contributed by atoms with Crippen molar-refractivity contribution in [3.05, 3.63) is 47.7 Å². The molecular weight excluding hydrogens is 348 g/mol. The van der Waals surface area contributed by atoms with E-state index in [0.717, 1.165) is 30.3 Å². The second-order valence-corrected chi connectivity index (χ2v) is 7.38. The van der Waals surface area contributed by atoms with Crippen LogP contribution in [0.5, 0.6) is 5.75 Å². The topological polar surface area (TPSA) is 54.6 Å². The molecule has 1 aromatic carbocycles. The summed E-state index contributed by atoms with van der Waals surface area (Å²) in [6.07, 6.45) is 0.106. The van der Waals surface area contributed by atoms with E-state index in [1.807, 2.05) is 29.6 Å². The number of fused-ring (bicyclic) bond motifs is 1. The van der Waals surface area contributed by atoms with Crippen molar-refractivity contribution in [1.82, 2.24) is 15.0 Å². The molecular formula is C19H22N4O2S. The molecule has 0 saturated carbocycles. The Kier molecular flexibility index (Phi) is 4.90. The van der Waals surface area contributed by atoms with Crippen molar-refractivity contribution in [2.75, 3.05) is 31.6 Å². The van der Waals surface area contributed by atoms with E-state index < -0.39 is 0 Å². The minimum atomic E-state index is 0.106. The Morgan fingerprint density at radius 2 is 2.15 bits per heavy atom. The molecule has 6 nitrogen and oxygen atoms in total. The third kappa shape index (κ3) is 3.59. The Morgan fingerprint density at radius 3 is 2.96 bits per heavy atom. The molecule has 0 spiro atoms. The maximum atomic E-state index is 6.19. The fourth-order valence-corrected chi connectivity index (χ4v) is 3.89. The van der Waals surface area contributed by atoms with E-state index in [-0.39, 0.29) is 6.10 Å². The van der Waals surface area contributed by atoms with Gasteiger partial charge in [0.2, 0.25) is 11.7 Å². The third-order valence-electron chi connectivity index (χ3n) is 4.44. The second kappa shape index (κ2) is 7.47. The lowest BCUT2D eigenvalue weighted by Crippen LogP contribution is -2.45. The Hall–Kier alpha value is -2.38. The van der Waals surface area contributed by atoms with Gasteiger partial charge in [0, 0.05) is 13.1 Å². The maximum absolute atomic E-state index is 6.19. The molecule has 3 heterocycles. The maximum Gasteiger partial charge on any atom is 0.241 e. The first-order valence-corrected chi connectivity index (χ1v) is 9.66. The third-order valence-corrected chi connectivity index (χ3v) is 5.30. The summed E-state index contributed by atoms with van der Waals surface area (Å²) in [7, 11) is 2.05. The van der Waals surface area contributed by atoms with Crippen LogP contribution in [0.4, 0.5) is 5.69 Å². The van der Waals surface area contributed by atoms with Crippen molar-refractivity contribution in [2.45, 2.75) is 19.6 Å². The van der Waals surface area contributed by atoms with Crippen LogP contribution in [0.15, 0.2) is 46.3 Å². The number of anilines is 1. The zero-order chi connectivity index (χ0) is 17.9. The number of para-hydroxylation sites is 2. The van der Waals surface area contributed by atoms with E-state index in [4.69, 9.17) is 9.26 Å². The van der Waals surface area contributed by atoms with Gasteiger partial charge in [0.15, 0.2) is 0 Å². The summed E-state index contributed by atoms with van der Waals surface area (Å²) in [4.78, 5) is 10.0. The molecule has 0 amide bonds. The van der Waals surface area contributed by atoms with Gasteiger partial charge in [-0.2, -0.15) is 4.98 Å². The van der Waals surface area contributed by atoms with Gasteiger partial charge in [-0.1, -0.05) is 23.4 Å². The van der Waals surface area contributed by atoms with Crippen molar-refractivity contribution in [3.63, 3.8) is 0 Å². The standard InChI is InChI=1S/C19H22N4O2S/c1-3-23-12-14(24-16-8-5-4-7-15(16)23)11-22(2)13-18-20-19(21-25-18)17-9-6-10-26-17/h4-10,14H,3,11-13H2,1-2H3/t14-/m0/s1. The first-order valence-electron chi connectivity index (χ1n) is 8.78. The summed E-state index contributed by atoms with van der Waals surface area (Å²) in [6.45, 7) is 5.41. The van der Waals surface area contributed by atoms with Crippen LogP contribution < -0.4 is 9.64 Å². The van der Waals surface area contributed by atoms with Crippen molar-refractivity contribution in [3.8, 4) is 16.5 Å². The molecule has 2 aromatic heterocycles. The fourth-order valence-electron chi connectivity index (χ4n) is 3.24. The van der Waals surface area contributed by atoms with E-state index >= 15 is 0 Å². The number of aromatic nitrogens is 2. The zero-order valence-electron chi connectivity index (χ0n) is 15.0. The molecule has 26 heavy (non-hydrogen) atoms. The number of nitrogens with zero attached hydrogens (tertiary/aromatic N) is 4. The van der Waals surface area contributed by atoms with E-state index in [1.54, 1.807) is 11.3 Å². The number of benzene rings is 1. The molecule has 0 radical (unpaired) electrons. The monoisotopic (exact) mass is 370 g/mol. The quantitative estimate of drug-likeness (QED) is 0.662. The van der Waals surface area contributed by atoms with Gasteiger partial charge in [-0.3, -0.25) is 4.90 Å². The Bertz CT molecular complexity index is 849. The second-order valence-electron chi connectivity index (χ2n) is 6.43. The number of likely N-dealkylation sites (N-methyl/N-ethyl adjacent to an activating group) is 2.